The molecule has 1 aliphatic heterocycles. The van der Waals surface area contributed by atoms with Gasteiger partial charge in [0.2, 0.25) is 0 Å². The second kappa shape index (κ2) is 3.41. The maximum absolute atomic E-state index is 2.50. The highest BCUT2D eigenvalue weighted by Gasteiger charge is 2.29. The van der Waals surface area contributed by atoms with E-state index in [0.717, 1.165) is 12.0 Å². The molecular formula is C12H17N. The zero-order valence-corrected chi connectivity index (χ0v) is 8.40. The van der Waals surface area contributed by atoms with Gasteiger partial charge in [-0.15, -0.1) is 0 Å². The standard InChI is InChI=1S/C12H17N/c1-10(2)12-8-9-13(12)11-6-4-3-5-7-11/h3-7,10,12H,8-9H2,1-2H3/t12-/m1/s1. The quantitative estimate of drug-likeness (QED) is 0.668. The molecule has 13 heavy (non-hydrogen) atoms. The van der Waals surface area contributed by atoms with Crippen LogP contribution in [-0.2, 0) is 0 Å². The van der Waals surface area contributed by atoms with Crippen molar-refractivity contribution in [3.8, 4) is 0 Å². The van der Waals surface area contributed by atoms with Gasteiger partial charge in [-0.1, -0.05) is 32.0 Å². The van der Waals surface area contributed by atoms with Gasteiger partial charge in [-0.3, -0.25) is 0 Å². The first-order valence-corrected chi connectivity index (χ1v) is 5.10. The van der Waals surface area contributed by atoms with Gasteiger partial charge in [-0.2, -0.15) is 0 Å². The zero-order valence-electron chi connectivity index (χ0n) is 8.40. The number of hydrogen-bond donors (Lipinski definition) is 0. The predicted molar refractivity (Wildman–Crippen MR) is 57.0 cm³/mol. The number of rotatable bonds is 2. The number of para-hydroxylation sites is 1. The number of benzene rings is 1. The fourth-order valence-corrected chi connectivity index (χ4v) is 2.04. The maximum atomic E-state index is 2.50. The van der Waals surface area contributed by atoms with Gasteiger partial charge in [0.05, 0.1) is 0 Å². The van der Waals surface area contributed by atoms with Crippen molar-refractivity contribution < 1.29 is 0 Å². The Balaban J connectivity index is 2.11. The summed E-state index contributed by atoms with van der Waals surface area (Å²) in [5.41, 5.74) is 1.38. The van der Waals surface area contributed by atoms with Crippen LogP contribution in [0.25, 0.3) is 0 Å². The highest BCUT2D eigenvalue weighted by molar-refractivity contribution is 5.49. The summed E-state index contributed by atoms with van der Waals surface area (Å²) in [6.07, 6.45) is 1.35. The van der Waals surface area contributed by atoms with Gasteiger partial charge in [0.15, 0.2) is 0 Å². The minimum Gasteiger partial charge on any atom is -0.368 e. The minimum atomic E-state index is 0.766. The average molecular weight is 175 g/mol. The number of anilines is 1. The summed E-state index contributed by atoms with van der Waals surface area (Å²) in [4.78, 5) is 2.50. The van der Waals surface area contributed by atoms with Crippen molar-refractivity contribution in [2.75, 3.05) is 11.4 Å². The number of nitrogens with zero attached hydrogens (tertiary/aromatic N) is 1. The first-order valence-electron chi connectivity index (χ1n) is 5.10. The lowest BCUT2D eigenvalue weighted by molar-refractivity contribution is 0.352. The van der Waals surface area contributed by atoms with E-state index in [-0.39, 0.29) is 0 Å². The molecule has 0 amide bonds. The van der Waals surface area contributed by atoms with E-state index in [4.69, 9.17) is 0 Å². The van der Waals surface area contributed by atoms with Crippen LogP contribution in [0.5, 0.6) is 0 Å². The van der Waals surface area contributed by atoms with Crippen molar-refractivity contribution in [3.05, 3.63) is 30.3 Å². The van der Waals surface area contributed by atoms with E-state index >= 15 is 0 Å². The Morgan fingerprint density at radius 2 is 1.92 bits per heavy atom. The molecule has 1 aromatic rings. The Kier molecular flexibility index (Phi) is 2.26. The van der Waals surface area contributed by atoms with Crippen molar-refractivity contribution in [2.24, 2.45) is 5.92 Å². The molecule has 0 unspecified atom stereocenters. The van der Waals surface area contributed by atoms with Crippen LogP contribution >= 0.6 is 0 Å². The molecule has 1 fully saturated rings. The van der Waals surface area contributed by atoms with Crippen LogP contribution < -0.4 is 4.90 Å². The van der Waals surface area contributed by atoms with Gasteiger partial charge >= 0.3 is 0 Å². The van der Waals surface area contributed by atoms with E-state index in [1.165, 1.54) is 18.7 Å². The molecule has 0 aliphatic carbocycles. The third-order valence-electron chi connectivity index (χ3n) is 2.92. The second-order valence-electron chi connectivity index (χ2n) is 4.13. The first kappa shape index (κ1) is 8.61. The summed E-state index contributed by atoms with van der Waals surface area (Å²) < 4.78 is 0. The van der Waals surface area contributed by atoms with Crippen LogP contribution in [0, 0.1) is 5.92 Å². The van der Waals surface area contributed by atoms with E-state index in [0.29, 0.717) is 0 Å². The van der Waals surface area contributed by atoms with E-state index < -0.39 is 0 Å². The first-order chi connectivity index (χ1) is 6.29. The monoisotopic (exact) mass is 175 g/mol. The third kappa shape index (κ3) is 1.55. The lowest BCUT2D eigenvalue weighted by Gasteiger charge is -2.45. The highest BCUT2D eigenvalue weighted by Crippen LogP contribution is 2.30. The average Bonchev–Trinajstić information content (AvgIpc) is 2.02. The Morgan fingerprint density at radius 3 is 2.38 bits per heavy atom. The summed E-state index contributed by atoms with van der Waals surface area (Å²) in [5.74, 6) is 0.772. The molecule has 1 aliphatic rings. The molecule has 0 radical (unpaired) electrons. The molecule has 1 heterocycles. The minimum absolute atomic E-state index is 0.766. The van der Waals surface area contributed by atoms with Gasteiger partial charge in [-0.25, -0.2) is 0 Å². The maximum Gasteiger partial charge on any atom is 0.0368 e. The fraction of sp³-hybridized carbons (Fsp3) is 0.500. The third-order valence-corrected chi connectivity index (χ3v) is 2.92. The molecule has 1 heteroatoms. The molecular weight excluding hydrogens is 158 g/mol. The molecule has 0 bridgehead atoms. The Morgan fingerprint density at radius 1 is 1.23 bits per heavy atom. The van der Waals surface area contributed by atoms with Crippen molar-refractivity contribution in [1.29, 1.82) is 0 Å². The van der Waals surface area contributed by atoms with Crippen molar-refractivity contribution in [1.82, 2.24) is 0 Å². The van der Waals surface area contributed by atoms with Gasteiger partial charge in [0, 0.05) is 18.3 Å². The lowest BCUT2D eigenvalue weighted by Crippen LogP contribution is -2.50. The summed E-state index contributed by atoms with van der Waals surface area (Å²) in [6, 6.07) is 11.5. The van der Waals surface area contributed by atoms with Gasteiger partial charge < -0.3 is 4.90 Å². The molecule has 1 atom stereocenters. The van der Waals surface area contributed by atoms with Crippen molar-refractivity contribution in [3.63, 3.8) is 0 Å². The molecule has 0 saturated carbocycles. The van der Waals surface area contributed by atoms with Crippen LogP contribution in [0.1, 0.15) is 20.3 Å². The SMILES string of the molecule is CC(C)[C@H]1CCN1c1ccccc1. The van der Waals surface area contributed by atoms with E-state index in [1.807, 2.05) is 0 Å². The Bertz CT molecular complexity index is 266. The topological polar surface area (TPSA) is 3.24 Å². The summed E-state index contributed by atoms with van der Waals surface area (Å²) in [5, 5.41) is 0. The Hall–Kier alpha value is -0.980. The molecule has 1 aromatic carbocycles. The van der Waals surface area contributed by atoms with Crippen LogP contribution in [0.15, 0.2) is 30.3 Å². The molecule has 2 rings (SSSR count). The van der Waals surface area contributed by atoms with E-state index in [1.54, 1.807) is 0 Å². The largest absolute Gasteiger partial charge is 0.368 e. The smallest absolute Gasteiger partial charge is 0.0368 e. The lowest BCUT2D eigenvalue weighted by atomic mass is 9.91. The van der Waals surface area contributed by atoms with Crippen molar-refractivity contribution in [2.45, 2.75) is 26.3 Å². The van der Waals surface area contributed by atoms with Crippen LogP contribution in [0.4, 0.5) is 5.69 Å². The number of hydrogen-bond acceptors (Lipinski definition) is 1. The molecule has 1 saturated heterocycles. The van der Waals surface area contributed by atoms with Crippen LogP contribution in [-0.4, -0.2) is 12.6 Å². The highest BCUT2D eigenvalue weighted by atomic mass is 15.2. The molecule has 1 nitrogen and oxygen atoms in total. The van der Waals surface area contributed by atoms with Crippen LogP contribution in [0.3, 0.4) is 0 Å². The van der Waals surface area contributed by atoms with Gasteiger partial charge in [0.25, 0.3) is 0 Å². The van der Waals surface area contributed by atoms with E-state index in [9.17, 15) is 0 Å². The second-order valence-corrected chi connectivity index (χ2v) is 4.13. The van der Waals surface area contributed by atoms with Gasteiger partial charge in [-0.05, 0) is 24.5 Å². The van der Waals surface area contributed by atoms with E-state index in [2.05, 4.69) is 49.1 Å². The molecule has 0 N–H and O–H groups in total. The van der Waals surface area contributed by atoms with Gasteiger partial charge in [0.1, 0.15) is 0 Å². The molecule has 0 aromatic heterocycles. The van der Waals surface area contributed by atoms with Crippen molar-refractivity contribution >= 4 is 5.69 Å². The zero-order chi connectivity index (χ0) is 9.26. The Labute approximate surface area is 80.4 Å². The molecule has 70 valence electrons. The summed E-state index contributed by atoms with van der Waals surface area (Å²) in [7, 11) is 0. The summed E-state index contributed by atoms with van der Waals surface area (Å²) in [6.45, 7) is 5.84. The van der Waals surface area contributed by atoms with Crippen LogP contribution in [0.2, 0.25) is 0 Å². The predicted octanol–water partition coefficient (Wildman–Crippen LogP) is 2.92. The normalized spacial score (nSPS) is 21.8. The molecule has 0 spiro atoms. The fourth-order valence-electron chi connectivity index (χ4n) is 2.04. The summed E-state index contributed by atoms with van der Waals surface area (Å²) >= 11 is 0.